The van der Waals surface area contributed by atoms with Gasteiger partial charge in [-0.05, 0) is 41.7 Å². The molecule has 0 radical (unpaired) electrons. The van der Waals surface area contributed by atoms with Crippen LogP contribution in [-0.4, -0.2) is 34.6 Å². The molecule has 1 N–H and O–H groups in total. The highest BCUT2D eigenvalue weighted by molar-refractivity contribution is 7.89. The minimum Gasteiger partial charge on any atom is -0.492 e. The lowest BCUT2D eigenvalue weighted by Crippen LogP contribution is -2.29. The van der Waals surface area contributed by atoms with Crippen LogP contribution in [0.25, 0.3) is 0 Å². The highest BCUT2D eigenvalue weighted by atomic mass is 32.2. The highest BCUT2D eigenvalue weighted by Crippen LogP contribution is 2.30. The van der Waals surface area contributed by atoms with Crippen LogP contribution in [0.15, 0.2) is 47.4 Å². The molecule has 2 rings (SSSR count). The van der Waals surface area contributed by atoms with E-state index in [9.17, 15) is 13.2 Å². The number of nitrogens with one attached hydrogen (secondary N) is 1. The zero-order valence-electron chi connectivity index (χ0n) is 16.9. The number of aryl methyl sites for hydroxylation is 1. The number of para-hydroxylation sites is 1. The van der Waals surface area contributed by atoms with Gasteiger partial charge in [0.25, 0.3) is 0 Å². The van der Waals surface area contributed by atoms with Crippen LogP contribution in [0.5, 0.6) is 5.75 Å². The minimum atomic E-state index is -3.79. The van der Waals surface area contributed by atoms with Crippen molar-refractivity contribution in [2.75, 3.05) is 20.3 Å². The van der Waals surface area contributed by atoms with Gasteiger partial charge in [0.2, 0.25) is 10.0 Å². The second-order valence-electron chi connectivity index (χ2n) is 7.46. The third kappa shape index (κ3) is 5.33. The highest BCUT2D eigenvalue weighted by Gasteiger charge is 2.20. The maximum absolute atomic E-state index is 12.6. The van der Waals surface area contributed by atoms with Crippen LogP contribution >= 0.6 is 0 Å². The van der Waals surface area contributed by atoms with Gasteiger partial charge >= 0.3 is 5.97 Å². The molecule has 0 heterocycles. The Labute approximate surface area is 166 Å². The lowest BCUT2D eigenvalue weighted by Gasteiger charge is -2.22. The predicted octanol–water partition coefficient (Wildman–Crippen LogP) is 3.44. The number of sulfonamides is 1. The quantitative estimate of drug-likeness (QED) is 0.564. The number of benzene rings is 2. The molecular formula is C21H27NO5S. The van der Waals surface area contributed by atoms with Crippen LogP contribution in [0.1, 0.15) is 42.3 Å². The van der Waals surface area contributed by atoms with Crippen LogP contribution < -0.4 is 9.46 Å². The van der Waals surface area contributed by atoms with E-state index >= 15 is 0 Å². The van der Waals surface area contributed by atoms with E-state index in [0.29, 0.717) is 5.56 Å². The van der Waals surface area contributed by atoms with E-state index in [-0.39, 0.29) is 29.0 Å². The van der Waals surface area contributed by atoms with Crippen molar-refractivity contribution in [3.8, 4) is 5.75 Å². The lowest BCUT2D eigenvalue weighted by molar-refractivity contribution is 0.0600. The summed E-state index contributed by atoms with van der Waals surface area (Å²) in [5.41, 5.74) is 1.70. The van der Waals surface area contributed by atoms with Crippen molar-refractivity contribution >= 4 is 16.0 Å². The van der Waals surface area contributed by atoms with Crippen molar-refractivity contribution < 1.29 is 22.7 Å². The van der Waals surface area contributed by atoms with Crippen molar-refractivity contribution in [1.29, 1.82) is 0 Å². The van der Waals surface area contributed by atoms with Crippen LogP contribution in [0, 0.1) is 6.92 Å². The van der Waals surface area contributed by atoms with Crippen LogP contribution in [0.4, 0.5) is 0 Å². The lowest BCUT2D eigenvalue weighted by atomic mass is 9.86. The van der Waals surface area contributed by atoms with Gasteiger partial charge < -0.3 is 9.47 Å². The normalized spacial score (nSPS) is 11.9. The van der Waals surface area contributed by atoms with E-state index in [2.05, 4.69) is 30.2 Å². The maximum Gasteiger partial charge on any atom is 0.337 e. The summed E-state index contributed by atoms with van der Waals surface area (Å²) >= 11 is 0. The van der Waals surface area contributed by atoms with Crippen LogP contribution in [0.2, 0.25) is 0 Å². The first-order valence-corrected chi connectivity index (χ1v) is 10.5. The number of ether oxygens (including phenoxy) is 2. The summed E-state index contributed by atoms with van der Waals surface area (Å²) in [5, 5.41) is 0. The van der Waals surface area contributed by atoms with Crippen molar-refractivity contribution in [1.82, 2.24) is 4.72 Å². The molecule has 0 aromatic heterocycles. The molecule has 0 atom stereocenters. The molecule has 0 aliphatic carbocycles. The van der Waals surface area contributed by atoms with E-state index in [1.165, 1.54) is 19.2 Å². The second-order valence-corrected chi connectivity index (χ2v) is 9.20. The van der Waals surface area contributed by atoms with Crippen LogP contribution in [0.3, 0.4) is 0 Å². The summed E-state index contributed by atoms with van der Waals surface area (Å²) in [5.74, 6) is 0.150. The van der Waals surface area contributed by atoms with Gasteiger partial charge in [0.1, 0.15) is 12.4 Å². The summed E-state index contributed by atoms with van der Waals surface area (Å²) in [4.78, 5) is 11.7. The summed E-state index contributed by atoms with van der Waals surface area (Å²) < 4.78 is 38.3. The van der Waals surface area contributed by atoms with E-state index in [1.54, 1.807) is 13.0 Å². The standard InChI is InChI=1S/C21H27NO5S/c1-15-10-11-16(20(23)26-5)14-19(15)28(24,25)22-12-13-27-18-9-7-6-8-17(18)21(2,3)4/h6-11,14,22H,12-13H2,1-5H3. The van der Waals surface area contributed by atoms with Gasteiger partial charge in [-0.1, -0.05) is 45.0 Å². The number of carbonyl (C=O) groups excluding carboxylic acids is 1. The number of hydrogen-bond donors (Lipinski definition) is 1. The third-order valence-corrected chi connectivity index (χ3v) is 5.85. The fraction of sp³-hybridized carbons (Fsp3) is 0.381. The molecule has 0 aliphatic rings. The molecular weight excluding hydrogens is 378 g/mol. The van der Waals surface area contributed by atoms with Gasteiger partial charge in [-0.2, -0.15) is 0 Å². The van der Waals surface area contributed by atoms with Gasteiger partial charge in [0.15, 0.2) is 0 Å². The molecule has 0 saturated carbocycles. The van der Waals surface area contributed by atoms with E-state index in [4.69, 9.17) is 4.74 Å². The first-order valence-electron chi connectivity index (χ1n) is 8.97. The molecule has 6 nitrogen and oxygen atoms in total. The topological polar surface area (TPSA) is 81.7 Å². The fourth-order valence-corrected chi connectivity index (χ4v) is 4.04. The molecule has 0 spiro atoms. The number of hydrogen-bond acceptors (Lipinski definition) is 5. The summed E-state index contributed by atoms with van der Waals surface area (Å²) in [6.07, 6.45) is 0. The van der Waals surface area contributed by atoms with Gasteiger partial charge in [-0.15, -0.1) is 0 Å². The van der Waals surface area contributed by atoms with Crippen LogP contribution in [-0.2, 0) is 20.2 Å². The Morgan fingerprint density at radius 1 is 1.11 bits per heavy atom. The average Bonchev–Trinajstić information content (AvgIpc) is 2.64. The Morgan fingerprint density at radius 3 is 2.43 bits per heavy atom. The number of esters is 1. The zero-order chi connectivity index (χ0) is 20.9. The van der Waals surface area contributed by atoms with Crippen molar-refractivity contribution in [3.05, 3.63) is 59.2 Å². The Kier molecular flexibility index (Phi) is 6.85. The zero-order valence-corrected chi connectivity index (χ0v) is 17.7. The number of methoxy groups -OCH3 is 1. The summed E-state index contributed by atoms with van der Waals surface area (Å²) in [7, 11) is -2.53. The van der Waals surface area contributed by atoms with Crippen molar-refractivity contribution in [3.63, 3.8) is 0 Å². The molecule has 7 heteroatoms. The molecule has 0 saturated heterocycles. The molecule has 0 unspecified atom stereocenters. The monoisotopic (exact) mass is 405 g/mol. The predicted molar refractivity (Wildman–Crippen MR) is 108 cm³/mol. The van der Waals surface area contributed by atoms with Gasteiger partial charge in [0.05, 0.1) is 17.6 Å². The van der Waals surface area contributed by atoms with Gasteiger partial charge in [-0.3, -0.25) is 0 Å². The van der Waals surface area contributed by atoms with Gasteiger partial charge in [0, 0.05) is 6.54 Å². The molecule has 0 amide bonds. The smallest absolute Gasteiger partial charge is 0.337 e. The van der Waals surface area contributed by atoms with E-state index in [1.807, 2.05) is 24.3 Å². The average molecular weight is 406 g/mol. The molecule has 0 fully saturated rings. The molecule has 2 aromatic carbocycles. The maximum atomic E-state index is 12.6. The van der Waals surface area contributed by atoms with Crippen molar-refractivity contribution in [2.24, 2.45) is 0 Å². The summed E-state index contributed by atoms with van der Waals surface area (Å²) in [6.45, 7) is 8.23. The third-order valence-electron chi connectivity index (χ3n) is 4.25. The Hall–Kier alpha value is -2.38. The molecule has 2 aromatic rings. The first kappa shape index (κ1) is 21.9. The molecule has 152 valence electrons. The Balaban J connectivity index is 2.07. The first-order chi connectivity index (χ1) is 13.1. The molecule has 28 heavy (non-hydrogen) atoms. The number of rotatable bonds is 7. The van der Waals surface area contributed by atoms with E-state index in [0.717, 1.165) is 11.3 Å². The van der Waals surface area contributed by atoms with Crippen molar-refractivity contribution in [2.45, 2.75) is 38.0 Å². The fourth-order valence-electron chi connectivity index (χ4n) is 2.76. The Bertz CT molecular complexity index is 946. The molecule has 0 bridgehead atoms. The Morgan fingerprint density at radius 2 is 1.79 bits per heavy atom. The second kappa shape index (κ2) is 8.75. The van der Waals surface area contributed by atoms with Gasteiger partial charge in [-0.25, -0.2) is 17.9 Å². The van der Waals surface area contributed by atoms with E-state index < -0.39 is 16.0 Å². The largest absolute Gasteiger partial charge is 0.492 e. The summed E-state index contributed by atoms with van der Waals surface area (Å²) in [6, 6.07) is 12.1. The molecule has 0 aliphatic heterocycles. The minimum absolute atomic E-state index is 0.0468. The SMILES string of the molecule is COC(=O)c1ccc(C)c(S(=O)(=O)NCCOc2ccccc2C(C)(C)C)c1. The number of carbonyl (C=O) groups is 1.